The number of halogens is 2. The van der Waals surface area contributed by atoms with E-state index < -0.39 is 0 Å². The molecule has 0 atom stereocenters. The topological polar surface area (TPSA) is 20.3 Å². The van der Waals surface area contributed by atoms with Crippen LogP contribution in [0, 0.1) is 0 Å². The molecule has 0 aliphatic heterocycles. The summed E-state index contributed by atoms with van der Waals surface area (Å²) in [7, 11) is 1.80. The van der Waals surface area contributed by atoms with Crippen molar-refractivity contribution in [2.45, 2.75) is 19.4 Å². The maximum absolute atomic E-state index is 11.6. The van der Waals surface area contributed by atoms with E-state index in [9.17, 15) is 4.79 Å². The van der Waals surface area contributed by atoms with E-state index >= 15 is 0 Å². The second-order valence-corrected chi connectivity index (χ2v) is 4.48. The molecular formula is C12H15Cl2NO. The van der Waals surface area contributed by atoms with Crippen LogP contribution < -0.4 is 0 Å². The monoisotopic (exact) mass is 259 g/mol. The van der Waals surface area contributed by atoms with Crippen LogP contribution in [-0.4, -0.2) is 23.7 Å². The van der Waals surface area contributed by atoms with Crippen molar-refractivity contribution < 1.29 is 4.79 Å². The zero-order chi connectivity index (χ0) is 12.0. The van der Waals surface area contributed by atoms with Crippen LogP contribution in [0.1, 0.15) is 18.4 Å². The van der Waals surface area contributed by atoms with Gasteiger partial charge in [-0.25, -0.2) is 0 Å². The molecule has 0 saturated heterocycles. The molecule has 1 amide bonds. The van der Waals surface area contributed by atoms with Crippen molar-refractivity contribution in [1.29, 1.82) is 0 Å². The fourth-order valence-electron chi connectivity index (χ4n) is 1.36. The van der Waals surface area contributed by atoms with Gasteiger partial charge in [-0.05, 0) is 24.1 Å². The molecule has 0 bridgehead atoms. The Morgan fingerprint density at radius 2 is 1.94 bits per heavy atom. The number of alkyl halides is 1. The van der Waals surface area contributed by atoms with Crippen molar-refractivity contribution in [2.24, 2.45) is 0 Å². The third-order valence-electron chi connectivity index (χ3n) is 2.28. The summed E-state index contributed by atoms with van der Waals surface area (Å²) in [5.41, 5.74) is 1.08. The summed E-state index contributed by atoms with van der Waals surface area (Å²) < 4.78 is 0. The molecule has 2 nitrogen and oxygen atoms in total. The fraction of sp³-hybridized carbons (Fsp3) is 0.417. The number of carbonyl (C=O) groups is 1. The summed E-state index contributed by atoms with van der Waals surface area (Å²) in [6.45, 7) is 0.609. The van der Waals surface area contributed by atoms with Gasteiger partial charge < -0.3 is 4.90 Å². The first-order chi connectivity index (χ1) is 7.63. The van der Waals surface area contributed by atoms with Gasteiger partial charge in [0, 0.05) is 30.9 Å². The molecule has 0 radical (unpaired) electrons. The molecular weight excluding hydrogens is 245 g/mol. The van der Waals surface area contributed by atoms with Crippen LogP contribution in [0.3, 0.4) is 0 Å². The predicted octanol–water partition coefficient (Wildman–Crippen LogP) is 3.32. The number of nitrogens with zero attached hydrogens (tertiary/aromatic N) is 1. The van der Waals surface area contributed by atoms with Crippen molar-refractivity contribution in [3.8, 4) is 0 Å². The number of hydrogen-bond acceptors (Lipinski definition) is 1. The Labute approximate surface area is 106 Å². The Morgan fingerprint density at radius 1 is 1.31 bits per heavy atom. The fourth-order valence-corrected chi connectivity index (χ4v) is 1.62. The number of benzene rings is 1. The lowest BCUT2D eigenvalue weighted by atomic mass is 10.2. The van der Waals surface area contributed by atoms with E-state index in [2.05, 4.69) is 0 Å². The smallest absolute Gasteiger partial charge is 0.222 e. The third kappa shape index (κ3) is 4.42. The quantitative estimate of drug-likeness (QED) is 0.744. The normalized spacial score (nSPS) is 10.2. The first-order valence-corrected chi connectivity index (χ1v) is 6.09. The van der Waals surface area contributed by atoms with Crippen LogP contribution >= 0.6 is 23.2 Å². The van der Waals surface area contributed by atoms with E-state index in [1.54, 1.807) is 11.9 Å². The molecule has 0 fully saturated rings. The minimum absolute atomic E-state index is 0.121. The molecule has 16 heavy (non-hydrogen) atoms. The van der Waals surface area contributed by atoms with Gasteiger partial charge in [-0.1, -0.05) is 23.7 Å². The van der Waals surface area contributed by atoms with E-state index in [0.717, 1.165) is 12.0 Å². The van der Waals surface area contributed by atoms with Crippen molar-refractivity contribution in [1.82, 2.24) is 4.90 Å². The van der Waals surface area contributed by atoms with Crippen LogP contribution in [0.2, 0.25) is 5.02 Å². The summed E-state index contributed by atoms with van der Waals surface area (Å²) in [5.74, 6) is 0.649. The van der Waals surface area contributed by atoms with Gasteiger partial charge in [-0.15, -0.1) is 11.6 Å². The molecule has 0 saturated carbocycles. The Balaban J connectivity index is 2.47. The van der Waals surface area contributed by atoms with Gasteiger partial charge in [0.1, 0.15) is 0 Å². The van der Waals surface area contributed by atoms with E-state index in [1.807, 2.05) is 24.3 Å². The average molecular weight is 260 g/mol. The molecule has 0 aromatic heterocycles. The molecule has 0 spiro atoms. The minimum atomic E-state index is 0.121. The first kappa shape index (κ1) is 13.3. The zero-order valence-electron chi connectivity index (χ0n) is 9.25. The van der Waals surface area contributed by atoms with Crippen LogP contribution in [0.25, 0.3) is 0 Å². The summed E-state index contributed by atoms with van der Waals surface area (Å²) >= 11 is 11.3. The summed E-state index contributed by atoms with van der Waals surface area (Å²) in [6.07, 6.45) is 1.24. The van der Waals surface area contributed by atoms with E-state index in [-0.39, 0.29) is 5.91 Å². The minimum Gasteiger partial charge on any atom is -0.341 e. The standard InChI is InChI=1S/C12H15Cl2NO/c1-15(12(16)3-2-8-13)9-10-4-6-11(14)7-5-10/h4-7H,2-3,8-9H2,1H3. The Bertz CT molecular complexity index is 337. The molecule has 0 aliphatic carbocycles. The van der Waals surface area contributed by atoms with Gasteiger partial charge in [-0.3, -0.25) is 4.79 Å². The highest BCUT2D eigenvalue weighted by atomic mass is 35.5. The lowest BCUT2D eigenvalue weighted by molar-refractivity contribution is -0.130. The third-order valence-corrected chi connectivity index (χ3v) is 2.80. The summed E-state index contributed by atoms with van der Waals surface area (Å²) in [5, 5.41) is 0.708. The lowest BCUT2D eigenvalue weighted by Crippen LogP contribution is -2.25. The molecule has 1 aromatic carbocycles. The molecule has 88 valence electrons. The SMILES string of the molecule is CN(Cc1ccc(Cl)cc1)C(=O)CCCCl. The largest absolute Gasteiger partial charge is 0.341 e. The maximum atomic E-state index is 11.6. The number of hydrogen-bond donors (Lipinski definition) is 0. The maximum Gasteiger partial charge on any atom is 0.222 e. The van der Waals surface area contributed by atoms with Crippen LogP contribution in [-0.2, 0) is 11.3 Å². The van der Waals surface area contributed by atoms with Crippen LogP contribution in [0.15, 0.2) is 24.3 Å². The van der Waals surface area contributed by atoms with Crippen LogP contribution in [0.4, 0.5) is 0 Å². The first-order valence-electron chi connectivity index (χ1n) is 5.18. The van der Waals surface area contributed by atoms with E-state index in [1.165, 1.54) is 0 Å². The van der Waals surface area contributed by atoms with Crippen molar-refractivity contribution >= 4 is 29.1 Å². The Morgan fingerprint density at radius 3 is 2.50 bits per heavy atom. The molecule has 0 heterocycles. The summed E-state index contributed by atoms with van der Waals surface area (Å²) in [4.78, 5) is 13.3. The van der Waals surface area contributed by atoms with Crippen LogP contribution in [0.5, 0.6) is 0 Å². The van der Waals surface area contributed by atoms with Gasteiger partial charge in [0.25, 0.3) is 0 Å². The van der Waals surface area contributed by atoms with Gasteiger partial charge in [0.2, 0.25) is 5.91 Å². The zero-order valence-corrected chi connectivity index (χ0v) is 10.8. The summed E-state index contributed by atoms with van der Waals surface area (Å²) in [6, 6.07) is 7.50. The highest BCUT2D eigenvalue weighted by Gasteiger charge is 2.08. The van der Waals surface area contributed by atoms with Gasteiger partial charge in [-0.2, -0.15) is 0 Å². The second-order valence-electron chi connectivity index (χ2n) is 3.67. The number of carbonyl (C=O) groups excluding carboxylic acids is 1. The Hall–Kier alpha value is -0.730. The van der Waals surface area contributed by atoms with E-state index in [4.69, 9.17) is 23.2 Å². The highest BCUT2D eigenvalue weighted by Crippen LogP contribution is 2.11. The molecule has 4 heteroatoms. The number of rotatable bonds is 5. The van der Waals surface area contributed by atoms with Gasteiger partial charge in [0.15, 0.2) is 0 Å². The molecule has 0 aliphatic rings. The molecule has 0 unspecified atom stereocenters. The van der Waals surface area contributed by atoms with Gasteiger partial charge >= 0.3 is 0 Å². The lowest BCUT2D eigenvalue weighted by Gasteiger charge is -2.17. The van der Waals surface area contributed by atoms with Crippen molar-refractivity contribution in [3.05, 3.63) is 34.9 Å². The average Bonchev–Trinajstić information content (AvgIpc) is 2.29. The molecule has 1 aromatic rings. The van der Waals surface area contributed by atoms with Gasteiger partial charge in [0.05, 0.1) is 0 Å². The highest BCUT2D eigenvalue weighted by molar-refractivity contribution is 6.30. The number of amides is 1. The molecule has 0 N–H and O–H groups in total. The van der Waals surface area contributed by atoms with Crippen molar-refractivity contribution in [2.75, 3.05) is 12.9 Å². The Kier molecular flexibility index (Phi) is 5.64. The second kappa shape index (κ2) is 6.77. The van der Waals surface area contributed by atoms with E-state index in [0.29, 0.717) is 23.9 Å². The predicted molar refractivity (Wildman–Crippen MR) is 67.9 cm³/mol. The molecule has 1 rings (SSSR count). The van der Waals surface area contributed by atoms with Crippen molar-refractivity contribution in [3.63, 3.8) is 0 Å².